The summed E-state index contributed by atoms with van der Waals surface area (Å²) in [7, 11) is 0. The molecule has 20 heavy (non-hydrogen) atoms. The second-order valence-corrected chi connectivity index (χ2v) is 4.88. The van der Waals surface area contributed by atoms with Gasteiger partial charge < -0.3 is 10.4 Å². The van der Waals surface area contributed by atoms with Crippen molar-refractivity contribution >= 4 is 23.2 Å². The van der Waals surface area contributed by atoms with Crippen LogP contribution in [0.5, 0.6) is 0 Å². The minimum absolute atomic E-state index is 0.0440. The van der Waals surface area contributed by atoms with Crippen LogP contribution in [0.4, 0.5) is 0 Å². The molecule has 9 heteroatoms. The number of thiazole rings is 1. The summed E-state index contributed by atoms with van der Waals surface area (Å²) in [6, 6.07) is 0. The quantitative estimate of drug-likeness (QED) is 0.754. The molecule has 1 amide bonds. The Kier molecular flexibility index (Phi) is 4.77. The van der Waals surface area contributed by atoms with E-state index < -0.39 is 5.97 Å². The Balaban J connectivity index is 1.67. The highest BCUT2D eigenvalue weighted by atomic mass is 32.1. The average Bonchev–Trinajstić information content (AvgIpc) is 3.07. The number of carbonyl (C=O) groups excluding carboxylic acids is 1. The molecule has 0 saturated heterocycles. The lowest BCUT2D eigenvalue weighted by Crippen LogP contribution is -2.26. The van der Waals surface area contributed by atoms with Crippen LogP contribution in [-0.2, 0) is 17.8 Å². The Morgan fingerprint density at radius 3 is 2.95 bits per heavy atom. The monoisotopic (exact) mass is 295 g/mol. The maximum atomic E-state index is 11.6. The van der Waals surface area contributed by atoms with Crippen LogP contribution in [0.1, 0.15) is 21.9 Å². The normalized spacial score (nSPS) is 10.4. The highest BCUT2D eigenvalue weighted by Gasteiger charge is 2.08. The summed E-state index contributed by atoms with van der Waals surface area (Å²) < 4.78 is 1.58. The molecule has 0 aliphatic carbocycles. The molecule has 0 aliphatic heterocycles. The van der Waals surface area contributed by atoms with Crippen molar-refractivity contribution in [3.05, 3.63) is 28.7 Å². The highest BCUT2D eigenvalue weighted by Crippen LogP contribution is 2.09. The van der Waals surface area contributed by atoms with Crippen LogP contribution in [-0.4, -0.2) is 43.3 Å². The van der Waals surface area contributed by atoms with Gasteiger partial charge in [0, 0.05) is 24.8 Å². The molecule has 2 rings (SSSR count). The van der Waals surface area contributed by atoms with Crippen molar-refractivity contribution in [3.63, 3.8) is 0 Å². The topological polar surface area (TPSA) is 110 Å². The number of hydrogen-bond donors (Lipinski definition) is 2. The Bertz CT molecular complexity index is 581. The molecule has 2 aromatic heterocycles. The summed E-state index contributed by atoms with van der Waals surface area (Å²) in [6.07, 6.45) is 3.81. The van der Waals surface area contributed by atoms with Gasteiger partial charge in [-0.25, -0.2) is 14.8 Å². The van der Waals surface area contributed by atoms with Gasteiger partial charge in [0.05, 0.1) is 11.6 Å². The zero-order chi connectivity index (χ0) is 14.4. The van der Waals surface area contributed by atoms with E-state index >= 15 is 0 Å². The molecule has 0 bridgehead atoms. The van der Waals surface area contributed by atoms with Gasteiger partial charge in [-0.3, -0.25) is 9.48 Å². The fourth-order valence-corrected chi connectivity index (χ4v) is 2.26. The van der Waals surface area contributed by atoms with Gasteiger partial charge in [0.15, 0.2) is 5.69 Å². The summed E-state index contributed by atoms with van der Waals surface area (Å²) >= 11 is 1.28. The summed E-state index contributed by atoms with van der Waals surface area (Å²) in [5.74, 6) is -1.13. The summed E-state index contributed by atoms with van der Waals surface area (Å²) in [6.45, 7) is 0.912. The Morgan fingerprint density at radius 2 is 2.30 bits per heavy atom. The molecular weight excluding hydrogens is 282 g/mol. The number of aromatic carboxylic acids is 1. The van der Waals surface area contributed by atoms with E-state index in [4.69, 9.17) is 5.11 Å². The van der Waals surface area contributed by atoms with Gasteiger partial charge >= 0.3 is 5.97 Å². The second kappa shape index (κ2) is 6.75. The number of carboxylic acids is 1. The molecule has 0 unspecified atom stereocenters. The summed E-state index contributed by atoms with van der Waals surface area (Å²) in [5, 5.41) is 17.6. The van der Waals surface area contributed by atoms with E-state index in [2.05, 4.69) is 20.4 Å². The van der Waals surface area contributed by atoms with Gasteiger partial charge in [-0.05, 0) is 0 Å². The van der Waals surface area contributed by atoms with Gasteiger partial charge in [-0.1, -0.05) is 0 Å². The summed E-state index contributed by atoms with van der Waals surface area (Å²) in [5.41, 5.74) is 0.0440. The van der Waals surface area contributed by atoms with Gasteiger partial charge in [0.25, 0.3) is 0 Å². The van der Waals surface area contributed by atoms with Crippen LogP contribution in [0.15, 0.2) is 18.0 Å². The van der Waals surface area contributed by atoms with Crippen LogP contribution in [0, 0.1) is 0 Å². The first-order valence-electron chi connectivity index (χ1n) is 5.92. The van der Waals surface area contributed by atoms with Crippen molar-refractivity contribution in [2.45, 2.75) is 19.4 Å². The van der Waals surface area contributed by atoms with Gasteiger partial charge in [-0.2, -0.15) is 5.10 Å². The lowest BCUT2D eigenvalue weighted by molar-refractivity contribution is -0.121. The van der Waals surface area contributed by atoms with Crippen molar-refractivity contribution in [1.29, 1.82) is 0 Å². The zero-order valence-corrected chi connectivity index (χ0v) is 11.3. The highest BCUT2D eigenvalue weighted by molar-refractivity contribution is 7.09. The first-order chi connectivity index (χ1) is 9.65. The Morgan fingerprint density at radius 1 is 1.45 bits per heavy atom. The number of aromatic nitrogens is 4. The first kappa shape index (κ1) is 14.1. The molecule has 0 saturated carbocycles. The molecule has 106 valence electrons. The van der Waals surface area contributed by atoms with Crippen molar-refractivity contribution in [3.8, 4) is 0 Å². The number of aryl methyl sites for hydroxylation is 1. The van der Waals surface area contributed by atoms with Crippen molar-refractivity contribution in [2.24, 2.45) is 0 Å². The molecule has 0 radical (unpaired) electrons. The molecule has 2 N–H and O–H groups in total. The smallest absolute Gasteiger partial charge is 0.355 e. The lowest BCUT2D eigenvalue weighted by atomic mass is 10.3. The zero-order valence-electron chi connectivity index (χ0n) is 10.5. The predicted molar refractivity (Wildman–Crippen MR) is 70.4 cm³/mol. The molecule has 0 spiro atoms. The maximum Gasteiger partial charge on any atom is 0.355 e. The van der Waals surface area contributed by atoms with Crippen LogP contribution in [0.2, 0.25) is 0 Å². The largest absolute Gasteiger partial charge is 0.476 e. The van der Waals surface area contributed by atoms with Gasteiger partial charge in [0.1, 0.15) is 12.7 Å². The number of hydrogen-bond acceptors (Lipinski definition) is 6. The number of amides is 1. The SMILES string of the molecule is O=C(CCn1cncn1)NCCc1nc(C(=O)O)cs1. The molecule has 0 atom stereocenters. The van der Waals surface area contributed by atoms with E-state index in [0.717, 1.165) is 0 Å². The van der Waals surface area contributed by atoms with Gasteiger partial charge in [0.2, 0.25) is 5.91 Å². The molecule has 2 heterocycles. The van der Waals surface area contributed by atoms with Crippen LogP contribution in [0.3, 0.4) is 0 Å². The van der Waals surface area contributed by atoms with Gasteiger partial charge in [-0.15, -0.1) is 11.3 Å². The average molecular weight is 295 g/mol. The van der Waals surface area contributed by atoms with Crippen LogP contribution in [0.25, 0.3) is 0 Å². The summed E-state index contributed by atoms with van der Waals surface area (Å²) in [4.78, 5) is 29.9. The minimum Gasteiger partial charge on any atom is -0.476 e. The van der Waals surface area contributed by atoms with E-state index in [9.17, 15) is 9.59 Å². The third-order valence-corrected chi connectivity index (χ3v) is 3.38. The van der Waals surface area contributed by atoms with E-state index in [1.165, 1.54) is 23.0 Å². The number of carboxylic acid groups (broad SMARTS) is 1. The third kappa shape index (κ3) is 4.12. The Labute approximate surface area is 118 Å². The van der Waals surface area contributed by atoms with E-state index in [1.807, 2.05) is 0 Å². The second-order valence-electron chi connectivity index (χ2n) is 3.94. The van der Waals surface area contributed by atoms with Crippen molar-refractivity contribution in [2.75, 3.05) is 6.54 Å². The number of carbonyl (C=O) groups is 2. The number of nitrogens with zero attached hydrogens (tertiary/aromatic N) is 4. The van der Waals surface area contributed by atoms with Crippen molar-refractivity contribution < 1.29 is 14.7 Å². The molecule has 8 nitrogen and oxygen atoms in total. The van der Waals surface area contributed by atoms with E-state index in [0.29, 0.717) is 30.9 Å². The predicted octanol–water partition coefficient (Wildman–Crippen LogP) is 0.182. The third-order valence-electron chi connectivity index (χ3n) is 2.47. The minimum atomic E-state index is -1.04. The van der Waals surface area contributed by atoms with E-state index in [1.54, 1.807) is 11.0 Å². The van der Waals surface area contributed by atoms with Crippen LogP contribution < -0.4 is 5.32 Å². The molecule has 0 aromatic carbocycles. The fraction of sp³-hybridized carbons (Fsp3) is 0.364. The molecule has 2 aromatic rings. The lowest BCUT2D eigenvalue weighted by Gasteiger charge is -2.03. The standard InChI is InChI=1S/C11H13N5O3S/c17-9(2-4-16-7-12-6-14-16)13-3-1-10-15-8(5-20-10)11(18)19/h5-7H,1-4H2,(H,13,17)(H,18,19). The van der Waals surface area contributed by atoms with Crippen molar-refractivity contribution in [1.82, 2.24) is 25.1 Å². The fourth-order valence-electron chi connectivity index (χ4n) is 1.49. The van der Waals surface area contributed by atoms with Crippen LogP contribution >= 0.6 is 11.3 Å². The molecule has 0 fully saturated rings. The maximum absolute atomic E-state index is 11.6. The number of nitrogens with one attached hydrogen (secondary N) is 1. The van der Waals surface area contributed by atoms with E-state index in [-0.39, 0.29) is 11.6 Å². The molecular formula is C11H13N5O3S. The number of rotatable bonds is 7. The first-order valence-corrected chi connectivity index (χ1v) is 6.80. The molecule has 0 aliphatic rings. The Hall–Kier alpha value is -2.29.